The van der Waals surface area contributed by atoms with Crippen molar-refractivity contribution in [1.29, 1.82) is 0 Å². The molecule has 1 aliphatic heterocycles. The Morgan fingerprint density at radius 1 is 1.29 bits per heavy atom. The average Bonchev–Trinajstić information content (AvgIpc) is 3.06. The summed E-state index contributed by atoms with van der Waals surface area (Å²) in [6.07, 6.45) is -3.49. The Hall–Kier alpha value is -1.96. The van der Waals surface area contributed by atoms with E-state index in [2.05, 4.69) is 4.98 Å². The fourth-order valence-corrected chi connectivity index (χ4v) is 2.70. The van der Waals surface area contributed by atoms with Gasteiger partial charge in [0.1, 0.15) is 4.88 Å². The fourth-order valence-electron chi connectivity index (χ4n) is 1.95. The molecular weight excluding hydrogens is 305 g/mol. The van der Waals surface area contributed by atoms with E-state index in [0.717, 1.165) is 11.8 Å². The van der Waals surface area contributed by atoms with Crippen LogP contribution in [0.5, 0.6) is 11.5 Å². The predicted molar refractivity (Wildman–Crippen MR) is 71.8 cm³/mol. The molecule has 0 saturated carbocycles. The zero-order valence-electron chi connectivity index (χ0n) is 11.0. The summed E-state index contributed by atoms with van der Waals surface area (Å²) >= 11 is 0.626. The number of alkyl halides is 3. The van der Waals surface area contributed by atoms with Crippen molar-refractivity contribution in [1.82, 2.24) is 4.98 Å². The number of nitrogens with zero attached hydrogens (tertiary/aromatic N) is 2. The zero-order valence-corrected chi connectivity index (χ0v) is 11.8. The van der Waals surface area contributed by atoms with Gasteiger partial charge in [-0.25, -0.2) is 4.98 Å². The van der Waals surface area contributed by atoms with Gasteiger partial charge in [-0.05, 0) is 17.7 Å². The van der Waals surface area contributed by atoms with Crippen LogP contribution in [0.1, 0.15) is 10.4 Å². The van der Waals surface area contributed by atoms with Crippen LogP contribution in [-0.4, -0.2) is 18.8 Å². The Balaban J connectivity index is 1.74. The number of rotatable bonds is 3. The lowest BCUT2D eigenvalue weighted by molar-refractivity contribution is -0.134. The smallest absolute Gasteiger partial charge is 0.427 e. The highest BCUT2D eigenvalue weighted by molar-refractivity contribution is 7.15. The summed E-state index contributed by atoms with van der Waals surface area (Å²) in [5.41, 5.74) is 0.908. The third-order valence-corrected chi connectivity index (χ3v) is 4.11. The largest absolute Gasteiger partial charge is 0.454 e. The predicted octanol–water partition coefficient (Wildman–Crippen LogP) is 3.53. The van der Waals surface area contributed by atoms with Crippen LogP contribution in [0.25, 0.3) is 0 Å². The van der Waals surface area contributed by atoms with E-state index in [1.54, 1.807) is 18.0 Å². The van der Waals surface area contributed by atoms with Gasteiger partial charge >= 0.3 is 6.18 Å². The van der Waals surface area contributed by atoms with Gasteiger partial charge in [-0.1, -0.05) is 17.4 Å². The van der Waals surface area contributed by atoms with Crippen molar-refractivity contribution in [2.45, 2.75) is 12.7 Å². The first kappa shape index (κ1) is 14.0. The van der Waals surface area contributed by atoms with Crippen LogP contribution in [-0.2, 0) is 12.7 Å². The molecule has 1 aromatic heterocycles. The first-order chi connectivity index (χ1) is 9.93. The van der Waals surface area contributed by atoms with E-state index in [9.17, 15) is 13.2 Å². The molecule has 0 bridgehead atoms. The fraction of sp³-hybridized carbons (Fsp3) is 0.308. The van der Waals surface area contributed by atoms with Crippen LogP contribution in [0, 0.1) is 0 Å². The lowest BCUT2D eigenvalue weighted by Crippen LogP contribution is -2.15. The molecule has 1 aromatic carbocycles. The Morgan fingerprint density at radius 3 is 2.76 bits per heavy atom. The van der Waals surface area contributed by atoms with E-state index >= 15 is 0 Å². The molecule has 0 amide bonds. The highest BCUT2D eigenvalue weighted by Gasteiger charge is 2.33. The van der Waals surface area contributed by atoms with Gasteiger partial charge in [-0.2, -0.15) is 13.2 Å². The van der Waals surface area contributed by atoms with Crippen LogP contribution >= 0.6 is 11.3 Å². The van der Waals surface area contributed by atoms with Gasteiger partial charge in [0.05, 0.1) is 6.20 Å². The summed E-state index contributed by atoms with van der Waals surface area (Å²) in [6, 6.07) is 5.45. The minimum atomic E-state index is -4.35. The van der Waals surface area contributed by atoms with Gasteiger partial charge < -0.3 is 14.4 Å². The van der Waals surface area contributed by atoms with Gasteiger partial charge in [-0.15, -0.1) is 0 Å². The van der Waals surface area contributed by atoms with E-state index in [-0.39, 0.29) is 6.79 Å². The zero-order chi connectivity index (χ0) is 15.0. The van der Waals surface area contributed by atoms with Crippen molar-refractivity contribution in [2.24, 2.45) is 0 Å². The van der Waals surface area contributed by atoms with Gasteiger partial charge in [0, 0.05) is 13.6 Å². The van der Waals surface area contributed by atoms with Crippen molar-refractivity contribution < 1.29 is 22.6 Å². The quantitative estimate of drug-likeness (QED) is 0.868. The van der Waals surface area contributed by atoms with Crippen LogP contribution in [0.15, 0.2) is 24.4 Å². The SMILES string of the molecule is CN(Cc1ccc2c(c1)OCO2)c1ncc(C(F)(F)F)s1. The lowest BCUT2D eigenvalue weighted by Gasteiger charge is -2.16. The first-order valence-corrected chi connectivity index (χ1v) is 6.88. The third kappa shape index (κ3) is 2.90. The highest BCUT2D eigenvalue weighted by Crippen LogP contribution is 2.37. The van der Waals surface area contributed by atoms with Crippen LogP contribution in [0.3, 0.4) is 0 Å². The van der Waals surface area contributed by atoms with Gasteiger partial charge in [0.25, 0.3) is 0 Å². The number of thiazole rings is 1. The highest BCUT2D eigenvalue weighted by atomic mass is 32.1. The first-order valence-electron chi connectivity index (χ1n) is 6.06. The number of halogens is 3. The number of benzene rings is 1. The Bertz CT molecular complexity index is 657. The van der Waals surface area contributed by atoms with Crippen molar-refractivity contribution in [3.63, 3.8) is 0 Å². The Labute approximate surface area is 122 Å². The molecule has 112 valence electrons. The molecule has 0 radical (unpaired) electrons. The lowest BCUT2D eigenvalue weighted by atomic mass is 10.2. The molecule has 0 saturated heterocycles. The topological polar surface area (TPSA) is 34.6 Å². The van der Waals surface area contributed by atoms with E-state index in [4.69, 9.17) is 9.47 Å². The van der Waals surface area contributed by atoms with Crippen molar-refractivity contribution in [3.05, 3.63) is 34.8 Å². The maximum absolute atomic E-state index is 12.6. The molecule has 21 heavy (non-hydrogen) atoms. The molecule has 2 aromatic rings. The molecule has 3 rings (SSSR count). The summed E-state index contributed by atoms with van der Waals surface area (Å²) < 4.78 is 48.2. The molecule has 0 fully saturated rings. The van der Waals surface area contributed by atoms with E-state index in [0.29, 0.717) is 34.5 Å². The molecule has 0 N–H and O–H groups in total. The summed E-state index contributed by atoms with van der Waals surface area (Å²) in [4.78, 5) is 4.78. The second kappa shape index (κ2) is 5.10. The molecule has 0 unspecified atom stereocenters. The molecule has 0 atom stereocenters. The van der Waals surface area contributed by atoms with Crippen molar-refractivity contribution >= 4 is 16.5 Å². The van der Waals surface area contributed by atoms with E-state index in [1.165, 1.54) is 0 Å². The molecule has 1 aliphatic rings. The number of ether oxygens (including phenoxy) is 2. The standard InChI is InChI=1S/C13H11F3N2O2S/c1-18(12-17-5-11(21-12)13(14,15)16)6-8-2-3-9-10(4-8)20-7-19-9/h2-5H,6-7H2,1H3. The number of hydrogen-bond acceptors (Lipinski definition) is 5. The molecule has 8 heteroatoms. The number of hydrogen-bond donors (Lipinski definition) is 0. The van der Waals surface area contributed by atoms with E-state index in [1.807, 2.05) is 12.1 Å². The minimum absolute atomic E-state index is 0.191. The second-order valence-electron chi connectivity index (χ2n) is 4.55. The summed E-state index contributed by atoms with van der Waals surface area (Å²) in [7, 11) is 1.70. The third-order valence-electron chi connectivity index (χ3n) is 2.96. The maximum atomic E-state index is 12.6. The van der Waals surface area contributed by atoms with Crippen LogP contribution < -0.4 is 14.4 Å². The number of anilines is 1. The number of fused-ring (bicyclic) bond motifs is 1. The number of aromatic nitrogens is 1. The molecule has 2 heterocycles. The van der Waals surface area contributed by atoms with Gasteiger partial charge in [0.2, 0.25) is 6.79 Å². The van der Waals surface area contributed by atoms with Gasteiger partial charge in [-0.3, -0.25) is 0 Å². The molecule has 0 spiro atoms. The van der Waals surface area contributed by atoms with E-state index < -0.39 is 11.1 Å². The molecule has 0 aliphatic carbocycles. The maximum Gasteiger partial charge on any atom is 0.427 e. The van der Waals surface area contributed by atoms with Crippen LogP contribution in [0.4, 0.5) is 18.3 Å². The van der Waals surface area contributed by atoms with Gasteiger partial charge in [0.15, 0.2) is 16.6 Å². The van der Waals surface area contributed by atoms with Crippen LogP contribution in [0.2, 0.25) is 0 Å². The molecule has 4 nitrogen and oxygen atoms in total. The summed E-state index contributed by atoms with van der Waals surface area (Å²) in [6.45, 7) is 0.623. The molecular formula is C13H11F3N2O2S. The van der Waals surface area contributed by atoms with Crippen molar-refractivity contribution in [3.8, 4) is 11.5 Å². The summed E-state index contributed by atoms with van der Waals surface area (Å²) in [5, 5.41) is 0.319. The Morgan fingerprint density at radius 2 is 2.05 bits per heavy atom. The normalized spacial score (nSPS) is 13.5. The monoisotopic (exact) mass is 316 g/mol. The average molecular weight is 316 g/mol. The van der Waals surface area contributed by atoms with Crippen molar-refractivity contribution in [2.75, 3.05) is 18.7 Å². The summed E-state index contributed by atoms with van der Waals surface area (Å²) in [5.74, 6) is 1.33. The second-order valence-corrected chi connectivity index (χ2v) is 5.56. The Kier molecular flexibility index (Phi) is 3.40. The minimum Gasteiger partial charge on any atom is -0.454 e.